The molecule has 0 atom stereocenters. The zero-order chi connectivity index (χ0) is 20.4. The van der Waals surface area contributed by atoms with E-state index in [1.165, 1.54) is 17.2 Å². The molecule has 0 aliphatic rings. The highest BCUT2D eigenvalue weighted by atomic mass is 35.5. The van der Waals surface area contributed by atoms with Crippen LogP contribution in [0.1, 0.15) is 38.4 Å². The van der Waals surface area contributed by atoms with Crippen molar-refractivity contribution in [2.24, 2.45) is 5.10 Å². The monoisotopic (exact) mass is 413 g/mol. The summed E-state index contributed by atoms with van der Waals surface area (Å²) in [6.45, 7) is 8.26. The number of hydrazone groups is 1. The molecule has 0 radical (unpaired) electrons. The molecule has 3 aromatic rings. The summed E-state index contributed by atoms with van der Waals surface area (Å²) in [6, 6.07) is 13.2. The van der Waals surface area contributed by atoms with Gasteiger partial charge in [0.15, 0.2) is 0 Å². The number of nitrogens with zero attached hydrogens (tertiary/aromatic N) is 2. The quantitative estimate of drug-likeness (QED) is 0.427. The molecule has 0 aliphatic heterocycles. The van der Waals surface area contributed by atoms with E-state index in [4.69, 9.17) is 23.2 Å². The number of halogens is 2. The first-order valence-corrected chi connectivity index (χ1v) is 9.58. The van der Waals surface area contributed by atoms with E-state index in [-0.39, 0.29) is 10.9 Å². The van der Waals surface area contributed by atoms with Gasteiger partial charge in [0, 0.05) is 27.7 Å². The lowest BCUT2D eigenvalue weighted by molar-refractivity contribution is 0.0955. The molecule has 0 fully saturated rings. The summed E-state index contributed by atoms with van der Waals surface area (Å²) in [6.07, 6.45) is 1.64. The highest BCUT2D eigenvalue weighted by Gasteiger charge is 2.12. The summed E-state index contributed by atoms with van der Waals surface area (Å²) >= 11 is 11.9. The minimum atomic E-state index is -0.388. The maximum atomic E-state index is 12.3. The number of aryl methyl sites for hydroxylation is 3. The Hall–Kier alpha value is -2.56. The Bertz CT molecular complexity index is 1060. The first-order chi connectivity index (χ1) is 13.3. The molecule has 1 aromatic heterocycles. The van der Waals surface area contributed by atoms with Crippen LogP contribution in [-0.2, 0) is 0 Å². The molecule has 1 amide bonds. The number of carbonyl (C=O) groups excluding carboxylic acids is 1. The number of hydrogen-bond donors (Lipinski definition) is 1. The molecular formula is C22H21Cl2N3O. The molecule has 4 nitrogen and oxygen atoms in total. The van der Waals surface area contributed by atoms with Gasteiger partial charge < -0.3 is 4.57 Å². The van der Waals surface area contributed by atoms with Crippen LogP contribution >= 0.6 is 23.2 Å². The third-order valence-electron chi connectivity index (χ3n) is 4.48. The smallest absolute Gasteiger partial charge is 0.272 e. The van der Waals surface area contributed by atoms with Gasteiger partial charge >= 0.3 is 0 Å². The lowest BCUT2D eigenvalue weighted by atomic mass is 10.1. The molecule has 6 heteroatoms. The highest BCUT2D eigenvalue weighted by Crippen LogP contribution is 2.22. The summed E-state index contributed by atoms with van der Waals surface area (Å²) in [4.78, 5) is 12.3. The third kappa shape index (κ3) is 4.29. The molecular weight excluding hydrogens is 393 g/mol. The Morgan fingerprint density at radius 2 is 1.68 bits per heavy atom. The van der Waals surface area contributed by atoms with E-state index in [1.54, 1.807) is 18.3 Å². The normalized spacial score (nSPS) is 11.2. The van der Waals surface area contributed by atoms with Gasteiger partial charge in [-0.2, -0.15) is 5.10 Å². The van der Waals surface area contributed by atoms with Gasteiger partial charge in [-0.25, -0.2) is 5.43 Å². The van der Waals surface area contributed by atoms with Crippen molar-refractivity contribution in [3.63, 3.8) is 0 Å². The largest absolute Gasteiger partial charge is 0.318 e. The number of carbonyl (C=O) groups is 1. The standard InChI is InChI=1S/C22H21Cl2N3O/c1-13-7-14(2)9-19(8-13)27-15(3)10-17(16(27)4)12-25-26-22(28)20-6-5-18(23)11-21(20)24/h5-12H,1-4H3,(H,26,28)/b25-12-. The number of aromatic nitrogens is 1. The van der Waals surface area contributed by atoms with E-state index >= 15 is 0 Å². The van der Waals surface area contributed by atoms with Crippen LogP contribution in [0.3, 0.4) is 0 Å². The molecule has 144 valence electrons. The van der Waals surface area contributed by atoms with Crippen LogP contribution < -0.4 is 5.43 Å². The summed E-state index contributed by atoms with van der Waals surface area (Å²) in [7, 11) is 0. The van der Waals surface area contributed by atoms with Crippen molar-refractivity contribution in [1.82, 2.24) is 9.99 Å². The number of rotatable bonds is 4. The summed E-state index contributed by atoms with van der Waals surface area (Å²) in [5.41, 5.74) is 9.45. The van der Waals surface area contributed by atoms with Crippen LogP contribution in [0.4, 0.5) is 0 Å². The fraction of sp³-hybridized carbons (Fsp3) is 0.182. The maximum absolute atomic E-state index is 12.3. The van der Waals surface area contributed by atoms with Crippen LogP contribution in [-0.4, -0.2) is 16.7 Å². The number of benzene rings is 2. The Kier molecular flexibility index (Phi) is 5.92. The topological polar surface area (TPSA) is 46.4 Å². The summed E-state index contributed by atoms with van der Waals surface area (Å²) in [5.74, 6) is -0.388. The van der Waals surface area contributed by atoms with Gasteiger partial charge in [0.05, 0.1) is 16.8 Å². The first kappa shape index (κ1) is 20.2. The van der Waals surface area contributed by atoms with Gasteiger partial charge in [0.2, 0.25) is 0 Å². The van der Waals surface area contributed by atoms with Crippen LogP contribution in [0, 0.1) is 27.7 Å². The maximum Gasteiger partial charge on any atom is 0.272 e. The molecule has 2 aromatic carbocycles. The molecule has 0 bridgehead atoms. The fourth-order valence-corrected chi connectivity index (χ4v) is 3.78. The highest BCUT2D eigenvalue weighted by molar-refractivity contribution is 6.36. The van der Waals surface area contributed by atoms with Crippen molar-refractivity contribution in [2.75, 3.05) is 0 Å². The Labute approximate surface area is 174 Å². The number of hydrogen-bond acceptors (Lipinski definition) is 2. The molecule has 0 saturated carbocycles. The predicted octanol–water partition coefficient (Wildman–Crippen LogP) is 5.78. The van der Waals surface area contributed by atoms with E-state index in [0.29, 0.717) is 10.6 Å². The van der Waals surface area contributed by atoms with Crippen molar-refractivity contribution in [3.05, 3.63) is 86.2 Å². The van der Waals surface area contributed by atoms with Crippen molar-refractivity contribution in [3.8, 4) is 5.69 Å². The van der Waals surface area contributed by atoms with Gasteiger partial charge in [-0.05, 0) is 75.2 Å². The second-order valence-corrected chi connectivity index (χ2v) is 7.67. The average Bonchev–Trinajstić information content (AvgIpc) is 2.87. The van der Waals surface area contributed by atoms with E-state index in [0.717, 1.165) is 22.6 Å². The molecule has 0 unspecified atom stereocenters. The van der Waals surface area contributed by atoms with Crippen LogP contribution in [0.2, 0.25) is 10.0 Å². The van der Waals surface area contributed by atoms with Crippen molar-refractivity contribution in [1.29, 1.82) is 0 Å². The molecule has 0 aliphatic carbocycles. The zero-order valence-corrected chi connectivity index (χ0v) is 17.7. The minimum absolute atomic E-state index is 0.285. The molecule has 1 heterocycles. The first-order valence-electron chi connectivity index (χ1n) is 8.82. The van der Waals surface area contributed by atoms with Crippen LogP contribution in [0.5, 0.6) is 0 Å². The van der Waals surface area contributed by atoms with Crippen LogP contribution in [0.15, 0.2) is 47.6 Å². The average molecular weight is 414 g/mol. The van der Waals surface area contributed by atoms with Gasteiger partial charge in [0.1, 0.15) is 0 Å². The predicted molar refractivity (Wildman–Crippen MR) is 116 cm³/mol. The van der Waals surface area contributed by atoms with Gasteiger partial charge in [0.25, 0.3) is 5.91 Å². The van der Waals surface area contributed by atoms with Crippen molar-refractivity contribution >= 4 is 35.3 Å². The molecule has 1 N–H and O–H groups in total. The Morgan fingerprint density at radius 1 is 1.00 bits per heavy atom. The minimum Gasteiger partial charge on any atom is -0.318 e. The SMILES string of the molecule is Cc1cc(C)cc(-n2c(C)cc(/C=N\NC(=O)c3ccc(Cl)cc3Cl)c2C)c1. The third-order valence-corrected chi connectivity index (χ3v) is 5.03. The van der Waals surface area contributed by atoms with Crippen molar-refractivity contribution < 1.29 is 4.79 Å². The van der Waals surface area contributed by atoms with Crippen LogP contribution in [0.25, 0.3) is 5.69 Å². The molecule has 28 heavy (non-hydrogen) atoms. The zero-order valence-electron chi connectivity index (χ0n) is 16.2. The number of nitrogens with one attached hydrogen (secondary N) is 1. The van der Waals surface area contributed by atoms with Gasteiger partial charge in [-0.15, -0.1) is 0 Å². The van der Waals surface area contributed by atoms with E-state index in [2.05, 4.69) is 47.1 Å². The second-order valence-electron chi connectivity index (χ2n) is 6.83. The summed E-state index contributed by atoms with van der Waals surface area (Å²) in [5, 5.41) is 4.86. The Balaban J connectivity index is 1.82. The summed E-state index contributed by atoms with van der Waals surface area (Å²) < 4.78 is 2.18. The van der Waals surface area contributed by atoms with Gasteiger partial charge in [-0.1, -0.05) is 29.3 Å². The van der Waals surface area contributed by atoms with E-state index in [1.807, 2.05) is 19.9 Å². The van der Waals surface area contributed by atoms with E-state index < -0.39 is 0 Å². The Morgan fingerprint density at radius 3 is 2.32 bits per heavy atom. The fourth-order valence-electron chi connectivity index (χ4n) is 3.29. The molecule has 3 rings (SSSR count). The molecule has 0 spiro atoms. The number of amides is 1. The van der Waals surface area contributed by atoms with E-state index in [9.17, 15) is 4.79 Å². The van der Waals surface area contributed by atoms with Crippen molar-refractivity contribution in [2.45, 2.75) is 27.7 Å². The lowest BCUT2D eigenvalue weighted by Gasteiger charge is -2.11. The second kappa shape index (κ2) is 8.21. The lowest BCUT2D eigenvalue weighted by Crippen LogP contribution is -2.18. The van der Waals surface area contributed by atoms with Gasteiger partial charge in [-0.3, -0.25) is 4.79 Å². The molecule has 0 saturated heterocycles.